The quantitative estimate of drug-likeness (QED) is 0.449. The molecule has 0 radical (unpaired) electrons. The average Bonchev–Trinajstić information content (AvgIpc) is 2.35. The molecule has 98 valence electrons. The number of fused-ring (bicyclic) bond motifs is 1. The van der Waals surface area contributed by atoms with E-state index in [1.807, 2.05) is 0 Å². The van der Waals surface area contributed by atoms with Gasteiger partial charge < -0.3 is 9.47 Å². The number of non-ortho nitro benzene ring substituents is 1. The standard InChI is InChI=1S/C9H10N2O6S/c12-11(13)6-1-2-8-9(3-6)17-7(5-16-8)4-10-18(14)15/h1-3,7,18H,4-5H2,(H,10,14,15)/t7-/m0/s1. The number of nitro benzene ring substituents is 1. The summed E-state index contributed by atoms with van der Waals surface area (Å²) < 4.78 is 33.7. The topological polar surface area (TPSA) is 108 Å². The molecule has 1 heterocycles. The van der Waals surface area contributed by atoms with Crippen LogP contribution in [0.2, 0.25) is 0 Å². The van der Waals surface area contributed by atoms with Gasteiger partial charge in [-0.3, -0.25) is 10.1 Å². The second-order valence-electron chi connectivity index (χ2n) is 3.56. The molecule has 8 nitrogen and oxygen atoms in total. The number of rotatable bonds is 4. The van der Waals surface area contributed by atoms with Crippen LogP contribution < -0.4 is 14.2 Å². The van der Waals surface area contributed by atoms with Gasteiger partial charge in [0.2, 0.25) is 10.9 Å². The molecule has 1 N–H and O–H groups in total. The molecule has 9 heteroatoms. The largest absolute Gasteiger partial charge is 0.486 e. The molecule has 18 heavy (non-hydrogen) atoms. The maximum absolute atomic E-state index is 10.6. The highest BCUT2D eigenvalue weighted by Gasteiger charge is 2.23. The molecule has 0 aliphatic carbocycles. The summed E-state index contributed by atoms with van der Waals surface area (Å²) in [5, 5.41) is 10.6. The Morgan fingerprint density at radius 1 is 1.44 bits per heavy atom. The third kappa shape index (κ3) is 2.87. The number of nitrogens with zero attached hydrogens (tertiary/aromatic N) is 1. The SMILES string of the molecule is O=[N+]([O-])c1ccc2c(c1)O[C@@H](CN[SH](=O)=O)CO2. The summed E-state index contributed by atoms with van der Waals surface area (Å²) in [6.07, 6.45) is -0.507. The Labute approximate surface area is 104 Å². The lowest BCUT2D eigenvalue weighted by molar-refractivity contribution is -0.385. The van der Waals surface area contributed by atoms with E-state index in [1.165, 1.54) is 18.2 Å². The molecular weight excluding hydrogens is 264 g/mol. The van der Waals surface area contributed by atoms with Gasteiger partial charge in [0.05, 0.1) is 17.5 Å². The van der Waals surface area contributed by atoms with Crippen LogP contribution in [0.25, 0.3) is 0 Å². The molecule has 1 aliphatic rings. The van der Waals surface area contributed by atoms with Crippen molar-refractivity contribution in [3.05, 3.63) is 28.3 Å². The lowest BCUT2D eigenvalue weighted by atomic mass is 10.2. The van der Waals surface area contributed by atoms with Crippen molar-refractivity contribution in [1.82, 2.24) is 4.72 Å². The van der Waals surface area contributed by atoms with Gasteiger partial charge in [0, 0.05) is 6.07 Å². The number of benzene rings is 1. The van der Waals surface area contributed by atoms with Gasteiger partial charge >= 0.3 is 0 Å². The van der Waals surface area contributed by atoms with Crippen LogP contribution in [-0.4, -0.2) is 32.6 Å². The molecule has 0 spiro atoms. The van der Waals surface area contributed by atoms with Gasteiger partial charge in [-0.25, -0.2) is 13.1 Å². The summed E-state index contributed by atoms with van der Waals surface area (Å²) in [4.78, 5) is 10.1. The van der Waals surface area contributed by atoms with E-state index >= 15 is 0 Å². The van der Waals surface area contributed by atoms with E-state index in [4.69, 9.17) is 9.47 Å². The van der Waals surface area contributed by atoms with Gasteiger partial charge in [0.25, 0.3) is 5.69 Å². The Kier molecular flexibility index (Phi) is 3.63. The van der Waals surface area contributed by atoms with E-state index in [0.29, 0.717) is 5.75 Å². The maximum Gasteiger partial charge on any atom is 0.273 e. The van der Waals surface area contributed by atoms with Crippen LogP contribution in [0.1, 0.15) is 0 Å². The van der Waals surface area contributed by atoms with Crippen LogP contribution in [0.15, 0.2) is 18.2 Å². The first-order valence-electron chi connectivity index (χ1n) is 5.02. The van der Waals surface area contributed by atoms with E-state index < -0.39 is 21.9 Å². The second kappa shape index (κ2) is 5.19. The van der Waals surface area contributed by atoms with Crippen molar-refractivity contribution >= 4 is 16.6 Å². The van der Waals surface area contributed by atoms with E-state index in [2.05, 4.69) is 4.72 Å². The number of ether oxygens (including phenoxy) is 2. The molecule has 1 aliphatic heterocycles. The molecule has 1 aromatic carbocycles. The number of hydrogen-bond donors (Lipinski definition) is 2. The zero-order chi connectivity index (χ0) is 13.1. The number of thiol groups is 1. The molecular formula is C9H10N2O6S. The van der Waals surface area contributed by atoms with Gasteiger partial charge in [-0.1, -0.05) is 0 Å². The fraction of sp³-hybridized carbons (Fsp3) is 0.333. The third-order valence-corrected chi connectivity index (χ3v) is 2.75. The average molecular weight is 274 g/mol. The molecule has 0 amide bonds. The fourth-order valence-electron chi connectivity index (χ4n) is 1.49. The van der Waals surface area contributed by atoms with Gasteiger partial charge in [0.1, 0.15) is 12.7 Å². The molecule has 0 unspecified atom stereocenters. The van der Waals surface area contributed by atoms with Crippen LogP contribution >= 0.6 is 0 Å². The minimum atomic E-state index is -2.70. The number of hydrogen-bond acceptors (Lipinski definition) is 6. The Balaban J connectivity index is 2.11. The van der Waals surface area contributed by atoms with E-state index in [-0.39, 0.29) is 24.6 Å². The Hall–Kier alpha value is -1.87. The molecule has 0 aromatic heterocycles. The highest BCUT2D eigenvalue weighted by molar-refractivity contribution is 7.70. The van der Waals surface area contributed by atoms with Crippen molar-refractivity contribution in [3.63, 3.8) is 0 Å². The predicted octanol–water partition coefficient (Wildman–Crippen LogP) is -0.149. The number of nitro groups is 1. The van der Waals surface area contributed by atoms with Crippen molar-refractivity contribution in [1.29, 1.82) is 0 Å². The first-order valence-corrected chi connectivity index (χ1v) is 6.20. The van der Waals surface area contributed by atoms with Crippen molar-refractivity contribution in [3.8, 4) is 11.5 Å². The Morgan fingerprint density at radius 2 is 2.22 bits per heavy atom. The lowest BCUT2D eigenvalue weighted by Crippen LogP contribution is -2.38. The van der Waals surface area contributed by atoms with E-state index in [0.717, 1.165) is 0 Å². The van der Waals surface area contributed by atoms with Gasteiger partial charge in [-0.15, -0.1) is 0 Å². The van der Waals surface area contributed by atoms with Crippen molar-refractivity contribution in [2.24, 2.45) is 0 Å². The first-order chi connectivity index (χ1) is 8.56. The van der Waals surface area contributed by atoms with Crippen LogP contribution in [0, 0.1) is 10.1 Å². The second-order valence-corrected chi connectivity index (χ2v) is 4.39. The van der Waals surface area contributed by atoms with Crippen LogP contribution in [0.3, 0.4) is 0 Å². The Bertz CT molecular complexity index is 536. The van der Waals surface area contributed by atoms with Crippen LogP contribution in [-0.2, 0) is 10.9 Å². The highest BCUT2D eigenvalue weighted by atomic mass is 32.2. The van der Waals surface area contributed by atoms with E-state index in [9.17, 15) is 18.5 Å². The van der Waals surface area contributed by atoms with Crippen LogP contribution in [0.5, 0.6) is 11.5 Å². The molecule has 0 bridgehead atoms. The summed E-state index contributed by atoms with van der Waals surface area (Å²) in [5.41, 5.74) is -0.110. The lowest BCUT2D eigenvalue weighted by Gasteiger charge is -2.25. The van der Waals surface area contributed by atoms with Crippen molar-refractivity contribution in [2.75, 3.05) is 13.2 Å². The normalized spacial score (nSPS) is 17.7. The zero-order valence-electron chi connectivity index (χ0n) is 9.07. The zero-order valence-corrected chi connectivity index (χ0v) is 9.96. The maximum atomic E-state index is 10.6. The molecule has 2 rings (SSSR count). The minimum absolute atomic E-state index is 0.0564. The summed E-state index contributed by atoms with van der Waals surface area (Å²) in [6.45, 7) is 0.238. The molecule has 1 aromatic rings. The van der Waals surface area contributed by atoms with Gasteiger partial charge in [0.15, 0.2) is 11.5 Å². The van der Waals surface area contributed by atoms with E-state index in [1.54, 1.807) is 0 Å². The molecule has 0 saturated carbocycles. The smallest absolute Gasteiger partial charge is 0.273 e. The third-order valence-electron chi connectivity index (χ3n) is 2.30. The molecule has 1 atom stereocenters. The minimum Gasteiger partial charge on any atom is -0.486 e. The molecule has 0 saturated heterocycles. The van der Waals surface area contributed by atoms with Crippen LogP contribution in [0.4, 0.5) is 5.69 Å². The fourth-order valence-corrected chi connectivity index (χ4v) is 1.85. The number of nitrogens with one attached hydrogen (secondary N) is 1. The predicted molar refractivity (Wildman–Crippen MR) is 61.3 cm³/mol. The summed E-state index contributed by atoms with van der Waals surface area (Å²) in [5.74, 6) is 0.645. The first kappa shape index (κ1) is 12.6. The highest BCUT2D eigenvalue weighted by Crippen LogP contribution is 2.34. The van der Waals surface area contributed by atoms with Crippen molar-refractivity contribution in [2.45, 2.75) is 6.10 Å². The van der Waals surface area contributed by atoms with Crippen molar-refractivity contribution < 1.29 is 22.8 Å². The Morgan fingerprint density at radius 3 is 2.89 bits per heavy atom. The molecule has 0 fully saturated rings. The summed E-state index contributed by atoms with van der Waals surface area (Å²) in [6, 6.07) is 4.01. The monoisotopic (exact) mass is 274 g/mol. The summed E-state index contributed by atoms with van der Waals surface area (Å²) in [7, 11) is -2.70. The van der Waals surface area contributed by atoms with Gasteiger partial charge in [-0.2, -0.15) is 0 Å². The summed E-state index contributed by atoms with van der Waals surface area (Å²) >= 11 is 0. The van der Waals surface area contributed by atoms with Gasteiger partial charge in [-0.05, 0) is 6.07 Å².